The van der Waals surface area contributed by atoms with E-state index in [-0.39, 0.29) is 11.8 Å². The number of hydrogen-bond acceptors (Lipinski definition) is 3. The van der Waals surface area contributed by atoms with E-state index >= 15 is 0 Å². The average molecular weight is 569 g/mol. The molecule has 0 aliphatic heterocycles. The average Bonchev–Trinajstić information content (AvgIpc) is 2.99. The molecular weight excluding hydrogens is 541 g/mol. The van der Waals surface area contributed by atoms with E-state index in [1.165, 1.54) is 0 Å². The van der Waals surface area contributed by atoms with E-state index in [2.05, 4.69) is 28.5 Å². The van der Waals surface area contributed by atoms with Gasteiger partial charge in [0.2, 0.25) is 5.91 Å². The van der Waals surface area contributed by atoms with Gasteiger partial charge in [0, 0.05) is 35.9 Å². The van der Waals surface area contributed by atoms with Gasteiger partial charge >= 0.3 is 0 Å². The number of rotatable bonds is 8. The molecule has 5 nitrogen and oxygen atoms in total. The van der Waals surface area contributed by atoms with Crippen LogP contribution >= 0.6 is 23.2 Å². The predicted molar refractivity (Wildman–Crippen MR) is 161 cm³/mol. The Morgan fingerprint density at radius 2 is 1.68 bits per heavy atom. The van der Waals surface area contributed by atoms with Crippen molar-refractivity contribution in [2.75, 3.05) is 0 Å². The summed E-state index contributed by atoms with van der Waals surface area (Å²) >= 11 is 12.5. The number of aromatic nitrogens is 1. The highest BCUT2D eigenvalue weighted by Gasteiger charge is 2.22. The number of hydrogen-bond donors (Lipinski definition) is 2. The molecular formula is C33H27Cl2N3O2. The molecule has 200 valence electrons. The summed E-state index contributed by atoms with van der Waals surface area (Å²) in [5.41, 5.74) is 12.1. The number of allylic oxidation sites excluding steroid dienone is 2. The summed E-state index contributed by atoms with van der Waals surface area (Å²) in [5.74, 6) is -0.849. The number of nitrogens with one attached hydrogen (secondary N) is 1. The molecule has 1 aromatic heterocycles. The minimum Gasteiger partial charge on any atom is -0.368 e. The molecule has 40 heavy (non-hydrogen) atoms. The number of nitrogens with two attached hydrogens (primary N) is 1. The fraction of sp³-hybridized carbons (Fsp3) is 0.121. The molecule has 0 spiro atoms. The van der Waals surface area contributed by atoms with Crippen molar-refractivity contribution in [2.45, 2.75) is 24.8 Å². The molecule has 1 unspecified atom stereocenters. The van der Waals surface area contributed by atoms with Gasteiger partial charge in [-0.3, -0.25) is 14.6 Å². The number of primary amides is 1. The van der Waals surface area contributed by atoms with Gasteiger partial charge in [0.25, 0.3) is 5.91 Å². The first-order chi connectivity index (χ1) is 19.4. The van der Waals surface area contributed by atoms with E-state index in [0.717, 1.165) is 33.4 Å². The molecule has 5 rings (SSSR count). The Kier molecular flexibility index (Phi) is 8.44. The first-order valence-electron chi connectivity index (χ1n) is 12.9. The van der Waals surface area contributed by atoms with E-state index in [9.17, 15) is 9.59 Å². The summed E-state index contributed by atoms with van der Waals surface area (Å²) in [5, 5.41) is 3.79. The zero-order valence-electron chi connectivity index (χ0n) is 21.6. The van der Waals surface area contributed by atoms with Crippen molar-refractivity contribution in [3.8, 4) is 22.3 Å². The lowest BCUT2D eigenvalue weighted by Crippen LogP contribution is -2.46. The molecule has 0 saturated heterocycles. The van der Waals surface area contributed by atoms with E-state index in [1.54, 1.807) is 18.3 Å². The van der Waals surface area contributed by atoms with Crippen LogP contribution in [0.15, 0.2) is 115 Å². The van der Waals surface area contributed by atoms with Crippen molar-refractivity contribution in [3.05, 3.63) is 136 Å². The van der Waals surface area contributed by atoms with Crippen molar-refractivity contribution < 1.29 is 9.59 Å². The number of pyridine rings is 1. The second-order valence-electron chi connectivity index (χ2n) is 9.69. The highest BCUT2D eigenvalue weighted by Crippen LogP contribution is 2.36. The van der Waals surface area contributed by atoms with Crippen LogP contribution in [0.3, 0.4) is 0 Å². The Morgan fingerprint density at radius 1 is 0.900 bits per heavy atom. The third-order valence-corrected chi connectivity index (χ3v) is 7.66. The van der Waals surface area contributed by atoms with E-state index in [1.807, 2.05) is 72.9 Å². The quantitative estimate of drug-likeness (QED) is 0.242. The van der Waals surface area contributed by atoms with Gasteiger partial charge in [-0.05, 0) is 58.5 Å². The highest BCUT2D eigenvalue weighted by atomic mass is 35.5. The Hall–Kier alpha value is -4.19. The Labute approximate surface area is 243 Å². The Balaban J connectivity index is 1.37. The molecule has 1 aliphatic rings. The summed E-state index contributed by atoms with van der Waals surface area (Å²) < 4.78 is 0. The minimum absolute atomic E-state index is 0.0472. The molecule has 4 aromatic rings. The monoisotopic (exact) mass is 567 g/mol. The molecule has 0 fully saturated rings. The van der Waals surface area contributed by atoms with Gasteiger partial charge in [-0.25, -0.2) is 0 Å². The van der Waals surface area contributed by atoms with E-state index in [0.29, 0.717) is 28.5 Å². The smallest absolute Gasteiger partial charge is 0.251 e. The lowest BCUT2D eigenvalue weighted by atomic mass is 9.86. The summed E-state index contributed by atoms with van der Waals surface area (Å²) in [6, 6.07) is 24.6. The second-order valence-corrected chi connectivity index (χ2v) is 10.5. The number of carbonyl (C=O) groups excluding carboxylic acids is 2. The molecule has 2 amide bonds. The molecule has 2 atom stereocenters. The number of nitrogens with zero attached hydrogens (tertiary/aromatic N) is 1. The molecule has 1 aliphatic carbocycles. The minimum atomic E-state index is -0.799. The van der Waals surface area contributed by atoms with Gasteiger partial charge in [-0.1, -0.05) is 96.0 Å². The third kappa shape index (κ3) is 6.50. The normalized spacial score (nSPS) is 15.2. The zero-order chi connectivity index (χ0) is 28.1. The molecule has 3 aromatic carbocycles. The molecule has 1 heterocycles. The van der Waals surface area contributed by atoms with Crippen LogP contribution in [0, 0.1) is 0 Å². The van der Waals surface area contributed by atoms with Crippen LogP contribution in [0.4, 0.5) is 0 Å². The maximum Gasteiger partial charge on any atom is 0.251 e. The summed E-state index contributed by atoms with van der Waals surface area (Å²) in [7, 11) is 0. The van der Waals surface area contributed by atoms with Crippen LogP contribution in [0.1, 0.15) is 23.5 Å². The Bertz CT molecular complexity index is 1600. The summed E-state index contributed by atoms with van der Waals surface area (Å²) in [6.07, 6.45) is 10.3. The van der Waals surface area contributed by atoms with Gasteiger partial charge in [0.15, 0.2) is 0 Å². The van der Waals surface area contributed by atoms with E-state index < -0.39 is 11.9 Å². The second kappa shape index (κ2) is 12.3. The van der Waals surface area contributed by atoms with Crippen molar-refractivity contribution in [3.63, 3.8) is 0 Å². The van der Waals surface area contributed by atoms with Gasteiger partial charge in [0.1, 0.15) is 6.04 Å². The number of carbonyl (C=O) groups is 2. The van der Waals surface area contributed by atoms with Gasteiger partial charge in [0.05, 0.1) is 10.0 Å². The molecule has 3 N–H and O–H groups in total. The first kappa shape index (κ1) is 27.4. The molecule has 0 saturated carbocycles. The van der Waals surface area contributed by atoms with Gasteiger partial charge in [-0.15, -0.1) is 0 Å². The lowest BCUT2D eigenvalue weighted by molar-refractivity contribution is -0.125. The SMILES string of the molecule is NC(=O)[C@H](Cc1ccccc1)NC(=O)C1=CCC(c2cc(-c3cccnc3)cc(-c3ccc(Cl)c(Cl)c3)c2)C=C1. The van der Waals surface area contributed by atoms with E-state index in [4.69, 9.17) is 28.9 Å². The zero-order valence-corrected chi connectivity index (χ0v) is 23.1. The maximum atomic E-state index is 13.0. The number of amides is 2. The van der Waals surface area contributed by atoms with Crippen molar-refractivity contribution in [2.24, 2.45) is 5.73 Å². The van der Waals surface area contributed by atoms with Crippen LogP contribution in [-0.4, -0.2) is 22.8 Å². The fourth-order valence-corrected chi connectivity index (χ4v) is 5.06. The topological polar surface area (TPSA) is 85.1 Å². The standard InChI is InChI=1S/C33H27Cl2N3O2/c34-29-13-12-24(19-30(29)35)27-16-26(17-28(18-27)25-7-4-14-37-20-25)22-8-10-23(11-9-22)33(40)38-31(32(36)39)15-21-5-2-1-3-6-21/h1-8,10-14,16-20,22,31H,9,15H2,(H2,36,39)(H,38,40)/t22?,31-/m0/s1. The lowest BCUT2D eigenvalue weighted by Gasteiger charge is -2.20. The molecule has 0 radical (unpaired) electrons. The van der Waals surface area contributed by atoms with Crippen molar-refractivity contribution in [1.29, 1.82) is 0 Å². The maximum absolute atomic E-state index is 13.0. The largest absolute Gasteiger partial charge is 0.368 e. The summed E-state index contributed by atoms with van der Waals surface area (Å²) in [4.78, 5) is 29.3. The number of benzene rings is 3. The van der Waals surface area contributed by atoms with Crippen LogP contribution in [0.5, 0.6) is 0 Å². The predicted octanol–water partition coefficient (Wildman–Crippen LogP) is 6.91. The number of halogens is 2. The first-order valence-corrected chi connectivity index (χ1v) is 13.7. The van der Waals surface area contributed by atoms with Crippen LogP contribution in [0.25, 0.3) is 22.3 Å². The molecule has 0 bridgehead atoms. The van der Waals surface area contributed by atoms with Gasteiger partial charge < -0.3 is 11.1 Å². The molecule has 7 heteroatoms. The summed E-state index contributed by atoms with van der Waals surface area (Å²) in [6.45, 7) is 0. The van der Waals surface area contributed by atoms with Crippen molar-refractivity contribution >= 4 is 35.0 Å². The fourth-order valence-electron chi connectivity index (χ4n) is 4.76. The van der Waals surface area contributed by atoms with Crippen LogP contribution < -0.4 is 11.1 Å². The van der Waals surface area contributed by atoms with Crippen LogP contribution in [0.2, 0.25) is 10.0 Å². The highest BCUT2D eigenvalue weighted by molar-refractivity contribution is 6.42. The van der Waals surface area contributed by atoms with Crippen LogP contribution in [-0.2, 0) is 16.0 Å². The van der Waals surface area contributed by atoms with Gasteiger partial charge in [-0.2, -0.15) is 0 Å². The Morgan fingerprint density at radius 3 is 2.33 bits per heavy atom. The van der Waals surface area contributed by atoms with Crippen molar-refractivity contribution in [1.82, 2.24) is 10.3 Å². The third-order valence-electron chi connectivity index (χ3n) is 6.92.